The first-order valence-corrected chi connectivity index (χ1v) is 5.54. The van der Waals surface area contributed by atoms with Gasteiger partial charge >= 0.3 is 0 Å². The van der Waals surface area contributed by atoms with E-state index < -0.39 is 0 Å². The van der Waals surface area contributed by atoms with Gasteiger partial charge in [0.05, 0.1) is 34.4 Å². The Morgan fingerprint density at radius 3 is 2.78 bits per heavy atom. The van der Waals surface area contributed by atoms with E-state index in [2.05, 4.69) is 16.2 Å². The predicted octanol–water partition coefficient (Wildman–Crippen LogP) is 1.85. The molecule has 0 amide bonds. The zero-order valence-electron chi connectivity index (χ0n) is 10.1. The van der Waals surface area contributed by atoms with E-state index in [4.69, 9.17) is 5.26 Å². The van der Waals surface area contributed by atoms with Crippen molar-refractivity contribution in [3.63, 3.8) is 0 Å². The normalized spacial score (nSPS) is 10.7. The Hall–Kier alpha value is -2.61. The number of aromatic nitrogens is 4. The molecule has 88 valence electrons. The number of imidazole rings is 1. The number of hydrogen-bond donors (Lipinski definition) is 0. The summed E-state index contributed by atoms with van der Waals surface area (Å²) in [6.45, 7) is 0. The van der Waals surface area contributed by atoms with Crippen LogP contribution in [0.4, 0.5) is 0 Å². The van der Waals surface area contributed by atoms with Crippen molar-refractivity contribution in [3.8, 4) is 17.5 Å². The van der Waals surface area contributed by atoms with Crippen LogP contribution in [0.1, 0.15) is 5.56 Å². The average molecular weight is 237 g/mol. The molecule has 0 unspecified atom stereocenters. The minimum absolute atomic E-state index is 0.642. The summed E-state index contributed by atoms with van der Waals surface area (Å²) in [5.41, 5.74) is 3.45. The van der Waals surface area contributed by atoms with Crippen molar-refractivity contribution in [2.24, 2.45) is 14.1 Å². The van der Waals surface area contributed by atoms with E-state index in [0.717, 1.165) is 22.4 Å². The summed E-state index contributed by atoms with van der Waals surface area (Å²) < 4.78 is 3.72. The van der Waals surface area contributed by atoms with Gasteiger partial charge in [0.25, 0.3) is 0 Å². The van der Waals surface area contributed by atoms with Crippen LogP contribution in [0.2, 0.25) is 0 Å². The maximum atomic E-state index is 8.92. The van der Waals surface area contributed by atoms with Crippen molar-refractivity contribution in [2.45, 2.75) is 0 Å². The number of rotatable bonds is 1. The quantitative estimate of drug-likeness (QED) is 0.649. The Morgan fingerprint density at radius 1 is 1.28 bits per heavy atom. The molecule has 3 aromatic rings. The summed E-state index contributed by atoms with van der Waals surface area (Å²) in [6, 6.07) is 7.64. The van der Waals surface area contributed by atoms with E-state index in [-0.39, 0.29) is 0 Å². The molecule has 0 fully saturated rings. The summed E-state index contributed by atoms with van der Waals surface area (Å²) in [4.78, 5) is 4.57. The molecule has 0 atom stereocenters. The van der Waals surface area contributed by atoms with Crippen molar-refractivity contribution >= 4 is 11.0 Å². The summed E-state index contributed by atoms with van der Waals surface area (Å²) >= 11 is 0. The Bertz CT molecular complexity index is 772. The van der Waals surface area contributed by atoms with Gasteiger partial charge in [-0.05, 0) is 18.2 Å². The molecule has 5 heteroatoms. The van der Waals surface area contributed by atoms with Gasteiger partial charge in [-0.3, -0.25) is 4.68 Å². The minimum atomic E-state index is 0.642. The molecule has 2 heterocycles. The van der Waals surface area contributed by atoms with Gasteiger partial charge in [-0.1, -0.05) is 0 Å². The molecule has 0 bridgehead atoms. The van der Waals surface area contributed by atoms with Gasteiger partial charge in [-0.25, -0.2) is 4.98 Å². The Kier molecular flexibility index (Phi) is 2.17. The van der Waals surface area contributed by atoms with Crippen LogP contribution >= 0.6 is 0 Å². The number of benzene rings is 1. The molecular formula is C13H11N5. The van der Waals surface area contributed by atoms with Crippen molar-refractivity contribution in [1.29, 1.82) is 5.26 Å². The molecule has 2 aromatic heterocycles. The van der Waals surface area contributed by atoms with Crippen LogP contribution in [0, 0.1) is 11.3 Å². The highest BCUT2D eigenvalue weighted by atomic mass is 15.2. The fourth-order valence-electron chi connectivity index (χ4n) is 2.05. The SMILES string of the molecule is Cn1cc(-c2nc3ccc(C#N)cc3n2C)cn1. The summed E-state index contributed by atoms with van der Waals surface area (Å²) in [6.07, 6.45) is 3.71. The smallest absolute Gasteiger partial charge is 0.144 e. The monoisotopic (exact) mass is 237 g/mol. The number of hydrogen-bond acceptors (Lipinski definition) is 3. The van der Waals surface area contributed by atoms with Gasteiger partial charge in [0, 0.05) is 20.3 Å². The Labute approximate surface area is 104 Å². The first kappa shape index (κ1) is 10.5. The molecule has 0 saturated carbocycles. The van der Waals surface area contributed by atoms with Crippen LogP contribution in [-0.2, 0) is 14.1 Å². The van der Waals surface area contributed by atoms with Gasteiger partial charge in [0.1, 0.15) is 5.82 Å². The molecule has 0 aliphatic rings. The highest BCUT2D eigenvalue weighted by Gasteiger charge is 2.11. The fourth-order valence-corrected chi connectivity index (χ4v) is 2.05. The molecule has 1 aromatic carbocycles. The van der Waals surface area contributed by atoms with E-state index in [1.165, 1.54) is 0 Å². The molecular weight excluding hydrogens is 226 g/mol. The second-order valence-electron chi connectivity index (χ2n) is 4.21. The average Bonchev–Trinajstić information content (AvgIpc) is 2.94. The molecule has 0 N–H and O–H groups in total. The van der Waals surface area contributed by atoms with Gasteiger partial charge < -0.3 is 4.57 Å². The maximum absolute atomic E-state index is 8.92. The molecule has 0 spiro atoms. The van der Waals surface area contributed by atoms with Gasteiger partial charge in [0.15, 0.2) is 0 Å². The van der Waals surface area contributed by atoms with Crippen molar-refractivity contribution in [3.05, 3.63) is 36.2 Å². The van der Waals surface area contributed by atoms with Crippen LogP contribution in [0.5, 0.6) is 0 Å². The fraction of sp³-hybridized carbons (Fsp3) is 0.154. The molecule has 18 heavy (non-hydrogen) atoms. The van der Waals surface area contributed by atoms with Crippen molar-refractivity contribution in [2.75, 3.05) is 0 Å². The molecule has 5 nitrogen and oxygen atoms in total. The second-order valence-corrected chi connectivity index (χ2v) is 4.21. The predicted molar refractivity (Wildman–Crippen MR) is 67.6 cm³/mol. The Balaban J connectivity index is 2.26. The summed E-state index contributed by atoms with van der Waals surface area (Å²) in [5.74, 6) is 0.855. The standard InChI is InChI=1S/C13H11N5/c1-17-8-10(7-15-17)13-16-11-4-3-9(6-14)5-12(11)18(13)2/h3-5,7-8H,1-2H3. The summed E-state index contributed by atoms with van der Waals surface area (Å²) in [7, 11) is 3.82. The van der Waals surface area contributed by atoms with E-state index >= 15 is 0 Å². The van der Waals surface area contributed by atoms with E-state index in [1.807, 2.05) is 37.0 Å². The number of aryl methyl sites for hydroxylation is 2. The number of fused-ring (bicyclic) bond motifs is 1. The highest BCUT2D eigenvalue weighted by molar-refractivity contribution is 5.81. The topological polar surface area (TPSA) is 59.4 Å². The zero-order valence-corrected chi connectivity index (χ0v) is 10.1. The van der Waals surface area contributed by atoms with E-state index in [0.29, 0.717) is 5.56 Å². The third kappa shape index (κ3) is 1.47. The zero-order chi connectivity index (χ0) is 12.7. The molecule has 0 aliphatic carbocycles. The van der Waals surface area contributed by atoms with Crippen molar-refractivity contribution < 1.29 is 0 Å². The molecule has 0 saturated heterocycles. The van der Waals surface area contributed by atoms with Crippen LogP contribution < -0.4 is 0 Å². The lowest BCUT2D eigenvalue weighted by Gasteiger charge is -1.98. The molecule has 3 rings (SSSR count). The van der Waals surface area contributed by atoms with Gasteiger partial charge in [0.2, 0.25) is 0 Å². The largest absolute Gasteiger partial charge is 0.327 e. The van der Waals surface area contributed by atoms with E-state index in [1.54, 1.807) is 16.9 Å². The molecule has 0 aliphatic heterocycles. The van der Waals surface area contributed by atoms with Gasteiger partial charge in [-0.2, -0.15) is 10.4 Å². The number of nitrogens with zero attached hydrogens (tertiary/aromatic N) is 5. The third-order valence-corrected chi connectivity index (χ3v) is 2.97. The lowest BCUT2D eigenvalue weighted by atomic mass is 10.2. The minimum Gasteiger partial charge on any atom is -0.327 e. The summed E-state index contributed by atoms with van der Waals surface area (Å²) in [5, 5.41) is 13.1. The van der Waals surface area contributed by atoms with E-state index in [9.17, 15) is 0 Å². The third-order valence-electron chi connectivity index (χ3n) is 2.97. The lowest BCUT2D eigenvalue weighted by Crippen LogP contribution is -1.91. The second kappa shape index (κ2) is 3.70. The lowest BCUT2D eigenvalue weighted by molar-refractivity contribution is 0.768. The first-order chi connectivity index (χ1) is 8.69. The van der Waals surface area contributed by atoms with Crippen LogP contribution in [0.3, 0.4) is 0 Å². The highest BCUT2D eigenvalue weighted by Crippen LogP contribution is 2.23. The van der Waals surface area contributed by atoms with Crippen LogP contribution in [0.25, 0.3) is 22.4 Å². The van der Waals surface area contributed by atoms with Crippen LogP contribution in [-0.4, -0.2) is 19.3 Å². The van der Waals surface area contributed by atoms with Gasteiger partial charge in [-0.15, -0.1) is 0 Å². The maximum Gasteiger partial charge on any atom is 0.144 e. The first-order valence-electron chi connectivity index (χ1n) is 5.54. The van der Waals surface area contributed by atoms with Crippen molar-refractivity contribution in [1.82, 2.24) is 19.3 Å². The molecule has 0 radical (unpaired) electrons. The number of nitriles is 1. The van der Waals surface area contributed by atoms with Crippen LogP contribution in [0.15, 0.2) is 30.6 Å². The Morgan fingerprint density at radius 2 is 2.11 bits per heavy atom.